The maximum Gasteiger partial charge on any atom is 0.290 e. The summed E-state index contributed by atoms with van der Waals surface area (Å²) in [6.45, 7) is 0.0728. The van der Waals surface area contributed by atoms with Gasteiger partial charge in [-0.1, -0.05) is 29.8 Å². The zero-order chi connectivity index (χ0) is 21.3. The third-order valence-electron chi connectivity index (χ3n) is 4.88. The largest absolute Gasteiger partial charge is 0.459 e. The van der Waals surface area contributed by atoms with Crippen LogP contribution in [0.25, 0.3) is 0 Å². The summed E-state index contributed by atoms with van der Waals surface area (Å²) < 4.78 is 6.24. The lowest BCUT2D eigenvalue weighted by atomic mass is 10.1. The van der Waals surface area contributed by atoms with Gasteiger partial charge in [0.15, 0.2) is 5.76 Å². The lowest BCUT2D eigenvalue weighted by Crippen LogP contribution is -2.45. The van der Waals surface area contributed by atoms with Crippen molar-refractivity contribution in [2.45, 2.75) is 19.0 Å². The first-order valence-electron chi connectivity index (χ1n) is 9.16. The van der Waals surface area contributed by atoms with Gasteiger partial charge in [-0.15, -0.1) is 0 Å². The minimum atomic E-state index is -0.953. The molecular formula is C22H16ClIN2O4. The van der Waals surface area contributed by atoms with Gasteiger partial charge in [0.25, 0.3) is 11.8 Å². The summed E-state index contributed by atoms with van der Waals surface area (Å²) in [5.74, 6) is -1.19. The topological polar surface area (TPSA) is 70.8 Å². The first kappa shape index (κ1) is 20.6. The van der Waals surface area contributed by atoms with E-state index < -0.39 is 17.9 Å². The third kappa shape index (κ3) is 3.99. The summed E-state index contributed by atoms with van der Waals surface area (Å²) in [6, 6.07) is 16.3. The fraction of sp³-hybridized carbons (Fsp3) is 0.136. The Morgan fingerprint density at radius 2 is 1.83 bits per heavy atom. The van der Waals surface area contributed by atoms with Gasteiger partial charge in [-0.3, -0.25) is 14.4 Å². The average Bonchev–Trinajstić information content (AvgIpc) is 3.36. The normalized spacial score (nSPS) is 16.2. The number of benzene rings is 2. The average molecular weight is 535 g/mol. The molecule has 1 aromatic heterocycles. The summed E-state index contributed by atoms with van der Waals surface area (Å²) in [5.41, 5.74) is 1.16. The van der Waals surface area contributed by atoms with Crippen molar-refractivity contribution < 1.29 is 18.8 Å². The number of hydrogen-bond donors (Lipinski definition) is 0. The second-order valence-electron chi connectivity index (χ2n) is 6.77. The highest BCUT2D eigenvalue weighted by Crippen LogP contribution is 2.29. The van der Waals surface area contributed by atoms with Crippen molar-refractivity contribution in [3.05, 3.63) is 86.8 Å². The molecule has 0 N–H and O–H groups in total. The molecule has 2 aromatic carbocycles. The maximum absolute atomic E-state index is 13.2. The predicted octanol–water partition coefficient (Wildman–Crippen LogP) is 4.51. The molecule has 0 spiro atoms. The summed E-state index contributed by atoms with van der Waals surface area (Å²) in [6.07, 6.45) is 1.28. The number of furan rings is 1. The molecule has 4 rings (SSSR count). The highest BCUT2D eigenvalue weighted by Gasteiger charge is 2.45. The van der Waals surface area contributed by atoms with Crippen LogP contribution in [-0.4, -0.2) is 28.7 Å². The van der Waals surface area contributed by atoms with Gasteiger partial charge in [0.1, 0.15) is 6.04 Å². The second kappa shape index (κ2) is 8.61. The lowest BCUT2D eigenvalue weighted by Gasteiger charge is -2.27. The van der Waals surface area contributed by atoms with E-state index in [0.717, 1.165) is 8.47 Å². The van der Waals surface area contributed by atoms with Crippen molar-refractivity contribution in [2.24, 2.45) is 0 Å². The summed E-state index contributed by atoms with van der Waals surface area (Å²) in [4.78, 5) is 41.6. The van der Waals surface area contributed by atoms with E-state index in [2.05, 4.69) is 22.6 Å². The molecule has 3 amide bonds. The molecule has 2 heterocycles. The van der Waals surface area contributed by atoms with Gasteiger partial charge in [-0.05, 0) is 70.6 Å². The minimum Gasteiger partial charge on any atom is -0.459 e. The second-order valence-corrected chi connectivity index (χ2v) is 8.42. The number of hydrogen-bond acceptors (Lipinski definition) is 4. The molecule has 3 aromatic rings. The lowest BCUT2D eigenvalue weighted by molar-refractivity contribution is -0.122. The van der Waals surface area contributed by atoms with Gasteiger partial charge < -0.3 is 9.32 Å². The smallest absolute Gasteiger partial charge is 0.290 e. The molecule has 0 bridgehead atoms. The molecule has 1 fully saturated rings. The first-order chi connectivity index (χ1) is 14.5. The van der Waals surface area contributed by atoms with Crippen LogP contribution >= 0.6 is 34.2 Å². The predicted molar refractivity (Wildman–Crippen MR) is 120 cm³/mol. The van der Waals surface area contributed by atoms with Crippen molar-refractivity contribution in [1.82, 2.24) is 4.90 Å². The molecule has 152 valence electrons. The molecule has 1 aliphatic rings. The number of imide groups is 1. The van der Waals surface area contributed by atoms with E-state index in [1.807, 2.05) is 12.1 Å². The molecule has 0 saturated carbocycles. The van der Waals surface area contributed by atoms with E-state index in [-0.39, 0.29) is 24.6 Å². The Morgan fingerprint density at radius 3 is 2.50 bits per heavy atom. The number of halogens is 2. The Bertz CT molecular complexity index is 1100. The Balaban J connectivity index is 1.69. The van der Waals surface area contributed by atoms with E-state index in [1.165, 1.54) is 17.2 Å². The maximum atomic E-state index is 13.2. The number of nitrogens with zero attached hydrogens (tertiary/aromatic N) is 2. The van der Waals surface area contributed by atoms with Crippen LogP contribution in [0.1, 0.15) is 22.5 Å². The molecule has 30 heavy (non-hydrogen) atoms. The molecule has 1 aliphatic heterocycles. The van der Waals surface area contributed by atoms with Crippen LogP contribution in [0.5, 0.6) is 0 Å². The highest BCUT2D eigenvalue weighted by molar-refractivity contribution is 14.1. The quantitative estimate of drug-likeness (QED) is 0.357. The van der Waals surface area contributed by atoms with Crippen LogP contribution < -0.4 is 4.90 Å². The molecule has 1 saturated heterocycles. The molecule has 6 nitrogen and oxygen atoms in total. The minimum absolute atomic E-state index is 0.0728. The van der Waals surface area contributed by atoms with Gasteiger partial charge in [0.05, 0.1) is 18.4 Å². The molecular weight excluding hydrogens is 519 g/mol. The SMILES string of the molecule is O=C1CC(N(Cc2ccccc2Cl)C(=O)c2ccco2)C(=O)N1c1ccc(I)cc1. The molecule has 0 radical (unpaired) electrons. The fourth-order valence-corrected chi connectivity index (χ4v) is 3.95. The molecule has 1 atom stereocenters. The van der Waals surface area contributed by atoms with Crippen molar-refractivity contribution in [1.29, 1.82) is 0 Å². The number of carbonyl (C=O) groups is 3. The first-order valence-corrected chi connectivity index (χ1v) is 10.6. The van der Waals surface area contributed by atoms with Gasteiger partial charge in [0.2, 0.25) is 5.91 Å². The summed E-state index contributed by atoms with van der Waals surface area (Å²) in [5, 5.41) is 0.473. The van der Waals surface area contributed by atoms with E-state index in [9.17, 15) is 14.4 Å². The highest BCUT2D eigenvalue weighted by atomic mass is 127. The number of rotatable bonds is 5. The molecule has 1 unspecified atom stereocenters. The molecule has 8 heteroatoms. The zero-order valence-electron chi connectivity index (χ0n) is 15.6. The Morgan fingerprint density at radius 1 is 1.10 bits per heavy atom. The Hall–Kier alpha value is -2.65. The third-order valence-corrected chi connectivity index (χ3v) is 5.96. The number of anilines is 1. The van der Waals surface area contributed by atoms with E-state index in [0.29, 0.717) is 16.3 Å². The Kier molecular flexibility index (Phi) is 5.92. The Labute approximate surface area is 191 Å². The van der Waals surface area contributed by atoms with Gasteiger partial charge in [0, 0.05) is 15.1 Å². The number of amides is 3. The molecule has 0 aliphatic carbocycles. The van der Waals surface area contributed by atoms with Crippen LogP contribution in [0.3, 0.4) is 0 Å². The standard InChI is InChI=1S/C22H16ClIN2O4/c23-17-5-2-1-4-14(17)13-25(22(29)19-6-3-11-30-19)18-12-20(27)26(21(18)28)16-9-7-15(24)8-10-16/h1-11,18H,12-13H2. The van der Waals surface area contributed by atoms with Crippen molar-refractivity contribution >= 4 is 57.6 Å². The van der Waals surface area contributed by atoms with Crippen LogP contribution in [0.4, 0.5) is 5.69 Å². The van der Waals surface area contributed by atoms with Crippen LogP contribution in [0.15, 0.2) is 71.3 Å². The van der Waals surface area contributed by atoms with Crippen molar-refractivity contribution in [3.8, 4) is 0 Å². The van der Waals surface area contributed by atoms with Gasteiger partial charge >= 0.3 is 0 Å². The number of carbonyl (C=O) groups excluding carboxylic acids is 3. The fourth-order valence-electron chi connectivity index (χ4n) is 3.40. The van der Waals surface area contributed by atoms with Gasteiger partial charge in [-0.2, -0.15) is 0 Å². The van der Waals surface area contributed by atoms with E-state index >= 15 is 0 Å². The monoisotopic (exact) mass is 534 g/mol. The summed E-state index contributed by atoms with van der Waals surface area (Å²) in [7, 11) is 0. The van der Waals surface area contributed by atoms with E-state index in [1.54, 1.807) is 42.5 Å². The van der Waals surface area contributed by atoms with Gasteiger partial charge in [-0.25, -0.2) is 4.90 Å². The summed E-state index contributed by atoms with van der Waals surface area (Å²) >= 11 is 8.44. The van der Waals surface area contributed by atoms with Crippen LogP contribution in [0, 0.1) is 3.57 Å². The zero-order valence-corrected chi connectivity index (χ0v) is 18.5. The van der Waals surface area contributed by atoms with E-state index in [4.69, 9.17) is 16.0 Å². The van der Waals surface area contributed by atoms with Crippen LogP contribution in [0.2, 0.25) is 5.02 Å². The van der Waals surface area contributed by atoms with Crippen LogP contribution in [-0.2, 0) is 16.1 Å². The van der Waals surface area contributed by atoms with Crippen molar-refractivity contribution in [2.75, 3.05) is 4.90 Å². The van der Waals surface area contributed by atoms with Crippen molar-refractivity contribution in [3.63, 3.8) is 0 Å².